The van der Waals surface area contributed by atoms with Crippen molar-refractivity contribution in [3.63, 3.8) is 0 Å². The molecule has 1 heterocycles. The Bertz CT molecular complexity index is 436. The zero-order valence-corrected chi connectivity index (χ0v) is 9.06. The first-order chi connectivity index (χ1) is 6.39. The van der Waals surface area contributed by atoms with E-state index in [9.17, 15) is 13.2 Å². The van der Waals surface area contributed by atoms with Gasteiger partial charge in [0.15, 0.2) is 0 Å². The highest BCUT2D eigenvalue weighted by Gasteiger charge is 2.12. The first-order valence-corrected chi connectivity index (χ1v) is 6.44. The Hall–Kier alpha value is -0.950. The smallest absolute Gasteiger partial charge is 0.218 e. The minimum absolute atomic E-state index is 0.0493. The number of primary amides is 1. The van der Waals surface area contributed by atoms with Gasteiger partial charge in [0.1, 0.15) is 0 Å². The van der Waals surface area contributed by atoms with Gasteiger partial charge in [-0.2, -0.15) is 0 Å². The molecule has 0 atom stereocenters. The highest BCUT2D eigenvalue weighted by Crippen LogP contribution is 2.17. The Labute approximate surface area is 85.9 Å². The average Bonchev–Trinajstić information content (AvgIpc) is 2.47. The number of nitrogens with zero attached hydrogens (tertiary/aromatic N) is 1. The summed E-state index contributed by atoms with van der Waals surface area (Å²) in [5, 5.41) is 1.57. The summed E-state index contributed by atoms with van der Waals surface area (Å²) >= 11 is 1.03. The second-order valence-corrected chi connectivity index (χ2v) is 5.73. The van der Waals surface area contributed by atoms with Gasteiger partial charge in [0.2, 0.25) is 20.1 Å². The predicted octanol–water partition coefficient (Wildman–Crippen LogP) is -0.0256. The van der Waals surface area contributed by atoms with E-state index in [1.54, 1.807) is 5.38 Å². The summed E-state index contributed by atoms with van der Waals surface area (Å²) in [6, 6.07) is 0. The van der Waals surface area contributed by atoms with Gasteiger partial charge in [0.25, 0.3) is 0 Å². The first-order valence-electron chi connectivity index (χ1n) is 3.66. The van der Waals surface area contributed by atoms with Crippen LogP contribution in [-0.4, -0.2) is 25.6 Å². The Balaban J connectivity index is 2.74. The fourth-order valence-corrected chi connectivity index (χ4v) is 2.38. The van der Waals surface area contributed by atoms with Crippen LogP contribution in [0.15, 0.2) is 9.72 Å². The molecule has 77 valence electrons. The summed E-state index contributed by atoms with van der Waals surface area (Å²) in [7, 11) is -3.25. The Morgan fingerprint density at radius 1 is 1.71 bits per heavy atom. The largest absolute Gasteiger partial charge is 0.370 e. The van der Waals surface area contributed by atoms with Gasteiger partial charge in [-0.1, -0.05) is 0 Å². The van der Waals surface area contributed by atoms with E-state index in [1.165, 1.54) is 6.42 Å². The molecule has 1 aromatic rings. The fourth-order valence-electron chi connectivity index (χ4n) is 0.738. The van der Waals surface area contributed by atoms with Crippen molar-refractivity contribution in [2.45, 2.75) is 10.8 Å². The van der Waals surface area contributed by atoms with Crippen LogP contribution < -0.4 is 5.73 Å². The number of aromatic nitrogens is 1. The number of hydrogen-bond acceptors (Lipinski definition) is 5. The lowest BCUT2D eigenvalue weighted by atomic mass is 10.2. The minimum Gasteiger partial charge on any atom is -0.370 e. The van der Waals surface area contributed by atoms with Crippen molar-refractivity contribution in [1.29, 1.82) is 0 Å². The fraction of sp³-hybridized carbons (Fsp3) is 0.286. The highest BCUT2D eigenvalue weighted by atomic mass is 32.2. The third-order valence-corrected chi connectivity index (χ3v) is 3.91. The minimum atomic E-state index is -3.25. The van der Waals surface area contributed by atoms with Gasteiger partial charge in [-0.15, -0.1) is 11.3 Å². The topological polar surface area (TPSA) is 90.1 Å². The number of thiazole rings is 1. The summed E-state index contributed by atoms with van der Waals surface area (Å²) in [4.78, 5) is 14.2. The molecule has 2 N–H and O–H groups in total. The zero-order valence-electron chi connectivity index (χ0n) is 7.43. The van der Waals surface area contributed by atoms with Crippen LogP contribution in [0.4, 0.5) is 0 Å². The number of nitrogens with two attached hydrogens (primary N) is 1. The standard InChI is InChI=1S/C7H9N2O3S2/c1-14(11,12)7-9-5(4-13-7)2-3-6(8)10/h2,4H,3H2,1H3,(H2,8,10). The highest BCUT2D eigenvalue weighted by molar-refractivity contribution is 7.92. The molecule has 1 amide bonds. The third-order valence-electron chi connectivity index (χ3n) is 1.33. The SMILES string of the molecule is CS(=O)(=O)c1nc([CH]CC(N)=O)cs1. The number of sulfone groups is 1. The van der Waals surface area contributed by atoms with Gasteiger partial charge < -0.3 is 5.73 Å². The maximum Gasteiger partial charge on any atom is 0.218 e. The molecular formula is C7H9N2O3S2. The normalized spacial score (nSPS) is 11.5. The van der Waals surface area contributed by atoms with E-state index in [4.69, 9.17) is 5.73 Å². The monoisotopic (exact) mass is 233 g/mol. The van der Waals surface area contributed by atoms with Crippen molar-refractivity contribution >= 4 is 27.1 Å². The van der Waals surface area contributed by atoms with Gasteiger partial charge in [0, 0.05) is 24.5 Å². The molecule has 0 unspecified atom stereocenters. The van der Waals surface area contributed by atoms with Crippen LogP contribution in [0.5, 0.6) is 0 Å². The summed E-state index contributed by atoms with van der Waals surface area (Å²) in [5.41, 5.74) is 5.39. The van der Waals surface area contributed by atoms with E-state index >= 15 is 0 Å². The third kappa shape index (κ3) is 3.08. The van der Waals surface area contributed by atoms with Crippen molar-refractivity contribution in [2.75, 3.05) is 6.26 Å². The molecule has 0 aromatic carbocycles. The van der Waals surface area contributed by atoms with E-state index in [0.29, 0.717) is 5.69 Å². The molecule has 1 radical (unpaired) electrons. The molecule has 14 heavy (non-hydrogen) atoms. The first kappa shape index (κ1) is 11.1. The van der Waals surface area contributed by atoms with E-state index in [0.717, 1.165) is 17.6 Å². The zero-order chi connectivity index (χ0) is 10.8. The van der Waals surface area contributed by atoms with E-state index in [2.05, 4.69) is 4.98 Å². The molecule has 0 aliphatic heterocycles. The van der Waals surface area contributed by atoms with Gasteiger partial charge in [-0.25, -0.2) is 13.4 Å². The van der Waals surface area contributed by atoms with E-state index < -0.39 is 15.7 Å². The van der Waals surface area contributed by atoms with Crippen LogP contribution in [0.1, 0.15) is 12.1 Å². The van der Waals surface area contributed by atoms with Crippen LogP contribution >= 0.6 is 11.3 Å². The molecule has 1 aromatic heterocycles. The van der Waals surface area contributed by atoms with E-state index in [1.807, 2.05) is 0 Å². The molecule has 7 heteroatoms. The Morgan fingerprint density at radius 3 is 2.79 bits per heavy atom. The number of hydrogen-bond donors (Lipinski definition) is 1. The lowest BCUT2D eigenvalue weighted by Crippen LogP contribution is -2.10. The number of rotatable bonds is 4. The summed E-state index contributed by atoms with van der Waals surface area (Å²) in [5.74, 6) is -0.473. The van der Waals surface area contributed by atoms with Crippen molar-refractivity contribution in [3.8, 4) is 0 Å². The average molecular weight is 233 g/mol. The molecule has 0 saturated carbocycles. The molecule has 0 bridgehead atoms. The molecule has 0 aliphatic carbocycles. The molecule has 1 rings (SSSR count). The maximum atomic E-state index is 11.0. The quantitative estimate of drug-likeness (QED) is 0.791. The van der Waals surface area contributed by atoms with Crippen molar-refractivity contribution in [1.82, 2.24) is 4.98 Å². The lowest BCUT2D eigenvalue weighted by molar-refractivity contribution is -0.117. The van der Waals surface area contributed by atoms with Gasteiger partial charge in [-0.05, 0) is 0 Å². The molecule has 0 saturated heterocycles. The van der Waals surface area contributed by atoms with Crippen LogP contribution in [0.25, 0.3) is 0 Å². The lowest BCUT2D eigenvalue weighted by Gasteiger charge is -1.91. The van der Waals surface area contributed by atoms with Gasteiger partial charge in [-0.3, -0.25) is 4.79 Å². The van der Waals surface area contributed by atoms with Crippen LogP contribution in [0.2, 0.25) is 0 Å². The second-order valence-electron chi connectivity index (χ2n) is 2.69. The molecule has 0 aliphatic rings. The molecule has 0 fully saturated rings. The number of carbonyl (C=O) groups excluding carboxylic acids is 1. The molecule has 0 spiro atoms. The van der Waals surface area contributed by atoms with Crippen molar-refractivity contribution < 1.29 is 13.2 Å². The summed E-state index contributed by atoms with van der Waals surface area (Å²) in [6.07, 6.45) is 2.64. The maximum absolute atomic E-state index is 11.0. The molecule has 5 nitrogen and oxygen atoms in total. The van der Waals surface area contributed by atoms with Gasteiger partial charge >= 0.3 is 0 Å². The van der Waals surface area contributed by atoms with Crippen LogP contribution in [0, 0.1) is 6.42 Å². The van der Waals surface area contributed by atoms with Crippen LogP contribution in [0.3, 0.4) is 0 Å². The number of carbonyl (C=O) groups is 1. The molecular weight excluding hydrogens is 224 g/mol. The van der Waals surface area contributed by atoms with E-state index in [-0.39, 0.29) is 10.8 Å². The van der Waals surface area contributed by atoms with Crippen molar-refractivity contribution in [2.24, 2.45) is 5.73 Å². The Morgan fingerprint density at radius 2 is 2.36 bits per heavy atom. The number of amides is 1. The van der Waals surface area contributed by atoms with Crippen LogP contribution in [-0.2, 0) is 14.6 Å². The Kier molecular flexibility index (Phi) is 3.22. The summed E-state index contributed by atoms with van der Waals surface area (Å²) in [6.45, 7) is 0. The van der Waals surface area contributed by atoms with Crippen molar-refractivity contribution in [3.05, 3.63) is 17.5 Å². The van der Waals surface area contributed by atoms with Gasteiger partial charge in [0.05, 0.1) is 5.69 Å². The predicted molar refractivity (Wildman–Crippen MR) is 52.4 cm³/mol. The second kappa shape index (κ2) is 4.05. The summed E-state index contributed by atoms with van der Waals surface area (Å²) < 4.78 is 22.1.